The third kappa shape index (κ3) is 6.13. The highest BCUT2D eigenvalue weighted by atomic mass is 19.4. The van der Waals surface area contributed by atoms with Crippen LogP contribution >= 0.6 is 0 Å². The van der Waals surface area contributed by atoms with E-state index >= 15 is 0 Å². The number of carboxylic acid groups (broad SMARTS) is 1. The molecule has 0 bridgehead atoms. The molecular formula is C17H18F3NO4. The molecule has 0 fully saturated rings. The van der Waals surface area contributed by atoms with E-state index in [2.05, 4.69) is 10.1 Å². The van der Waals surface area contributed by atoms with Crippen LogP contribution in [0.4, 0.5) is 13.2 Å². The van der Waals surface area contributed by atoms with Gasteiger partial charge >= 0.3 is 12.3 Å². The minimum atomic E-state index is -4.80. The lowest BCUT2D eigenvalue weighted by Gasteiger charge is -2.23. The third-order valence-electron chi connectivity index (χ3n) is 3.85. The molecule has 1 aliphatic rings. The van der Waals surface area contributed by atoms with Gasteiger partial charge in [-0.05, 0) is 37.0 Å². The summed E-state index contributed by atoms with van der Waals surface area (Å²) in [6, 6.07) is 3.99. The fraction of sp³-hybridized carbons (Fsp3) is 0.412. The molecule has 1 amide bonds. The zero-order valence-corrected chi connectivity index (χ0v) is 13.3. The van der Waals surface area contributed by atoms with Crippen LogP contribution in [0.5, 0.6) is 5.75 Å². The van der Waals surface area contributed by atoms with Crippen molar-refractivity contribution in [2.45, 2.75) is 38.1 Å². The first-order valence-corrected chi connectivity index (χ1v) is 7.77. The Labute approximate surface area is 142 Å². The number of alkyl halides is 3. The molecule has 0 spiro atoms. The summed E-state index contributed by atoms with van der Waals surface area (Å²) in [5.74, 6) is -2.01. The van der Waals surface area contributed by atoms with Crippen molar-refractivity contribution in [3.05, 3.63) is 42.0 Å². The van der Waals surface area contributed by atoms with Gasteiger partial charge in [0.15, 0.2) is 0 Å². The number of carbonyl (C=O) groups excluding carboxylic acids is 1. The predicted octanol–water partition coefficient (Wildman–Crippen LogP) is 3.57. The van der Waals surface area contributed by atoms with E-state index in [9.17, 15) is 22.8 Å². The number of amides is 1. The maximum Gasteiger partial charge on any atom is 0.573 e. The minimum absolute atomic E-state index is 0.228. The Balaban J connectivity index is 2.09. The number of ether oxygens (including phenoxy) is 1. The zero-order chi connectivity index (χ0) is 18.4. The topological polar surface area (TPSA) is 75.6 Å². The first-order chi connectivity index (χ1) is 11.7. The summed E-state index contributed by atoms with van der Waals surface area (Å²) in [6.07, 6.45) is 0.773. The Kier molecular flexibility index (Phi) is 6.06. The van der Waals surface area contributed by atoms with E-state index in [1.54, 1.807) is 0 Å². The maximum absolute atomic E-state index is 12.3. The van der Waals surface area contributed by atoms with Crippen molar-refractivity contribution in [3.63, 3.8) is 0 Å². The van der Waals surface area contributed by atoms with Gasteiger partial charge in [-0.2, -0.15) is 0 Å². The SMILES string of the molecule is O=C(O)CC(NC(=O)C1CC=CCC1)c1ccc(OC(F)(F)F)cc1. The molecule has 1 aliphatic carbocycles. The molecule has 0 saturated carbocycles. The minimum Gasteiger partial charge on any atom is -0.481 e. The zero-order valence-electron chi connectivity index (χ0n) is 13.3. The molecule has 0 aliphatic heterocycles. The number of nitrogens with one attached hydrogen (secondary N) is 1. The summed E-state index contributed by atoms with van der Waals surface area (Å²) in [5, 5.41) is 11.7. The molecule has 0 saturated heterocycles. The number of aliphatic carboxylic acids is 1. The fourth-order valence-electron chi connectivity index (χ4n) is 2.65. The highest BCUT2D eigenvalue weighted by Crippen LogP contribution is 2.26. The molecule has 136 valence electrons. The molecule has 5 nitrogen and oxygen atoms in total. The van der Waals surface area contributed by atoms with Crippen LogP contribution in [-0.4, -0.2) is 23.3 Å². The van der Waals surface area contributed by atoms with Gasteiger partial charge in [0.1, 0.15) is 5.75 Å². The molecule has 0 aromatic heterocycles. The van der Waals surface area contributed by atoms with E-state index < -0.39 is 24.1 Å². The Morgan fingerprint density at radius 3 is 2.44 bits per heavy atom. The lowest BCUT2D eigenvalue weighted by atomic mass is 9.92. The predicted molar refractivity (Wildman–Crippen MR) is 82.7 cm³/mol. The van der Waals surface area contributed by atoms with Gasteiger partial charge in [0, 0.05) is 5.92 Å². The van der Waals surface area contributed by atoms with Gasteiger partial charge in [0.05, 0.1) is 12.5 Å². The summed E-state index contributed by atoms with van der Waals surface area (Å²) in [5.41, 5.74) is 0.400. The highest BCUT2D eigenvalue weighted by Gasteiger charge is 2.31. The van der Waals surface area contributed by atoms with Crippen LogP contribution in [0.2, 0.25) is 0 Å². The summed E-state index contributed by atoms with van der Waals surface area (Å²) >= 11 is 0. The van der Waals surface area contributed by atoms with Crippen LogP contribution in [-0.2, 0) is 9.59 Å². The fourth-order valence-corrected chi connectivity index (χ4v) is 2.65. The van der Waals surface area contributed by atoms with Gasteiger partial charge in [0.25, 0.3) is 0 Å². The van der Waals surface area contributed by atoms with Crippen molar-refractivity contribution in [1.82, 2.24) is 5.32 Å². The number of hydrogen-bond acceptors (Lipinski definition) is 3. The van der Waals surface area contributed by atoms with Crippen LogP contribution in [0.25, 0.3) is 0 Å². The Morgan fingerprint density at radius 2 is 1.92 bits per heavy atom. The Hall–Kier alpha value is -2.51. The lowest BCUT2D eigenvalue weighted by molar-refractivity contribution is -0.274. The van der Waals surface area contributed by atoms with Gasteiger partial charge in [-0.15, -0.1) is 13.2 Å². The molecule has 2 N–H and O–H groups in total. The molecule has 1 aromatic carbocycles. The molecule has 2 rings (SSSR count). The molecule has 1 aromatic rings. The van der Waals surface area contributed by atoms with Crippen LogP contribution in [0.3, 0.4) is 0 Å². The van der Waals surface area contributed by atoms with E-state index in [1.807, 2.05) is 12.2 Å². The van der Waals surface area contributed by atoms with Gasteiger partial charge < -0.3 is 15.2 Å². The molecule has 2 atom stereocenters. The van der Waals surface area contributed by atoms with Gasteiger partial charge in [0.2, 0.25) is 5.91 Å². The first-order valence-electron chi connectivity index (χ1n) is 7.77. The standard InChI is InChI=1S/C17H18F3NO4/c18-17(19,20)25-13-8-6-11(7-9-13)14(10-15(22)23)21-16(24)12-4-2-1-3-5-12/h1-2,6-9,12,14H,3-5,10H2,(H,21,24)(H,22,23). The molecular weight excluding hydrogens is 339 g/mol. The van der Waals surface area contributed by atoms with Gasteiger partial charge in [-0.1, -0.05) is 24.3 Å². The van der Waals surface area contributed by atoms with Crippen molar-refractivity contribution in [2.75, 3.05) is 0 Å². The number of rotatable bonds is 6. The second kappa shape index (κ2) is 8.04. The van der Waals surface area contributed by atoms with E-state index in [1.165, 1.54) is 12.1 Å². The second-order valence-corrected chi connectivity index (χ2v) is 5.76. The van der Waals surface area contributed by atoms with Crippen LogP contribution in [0.15, 0.2) is 36.4 Å². The molecule has 2 unspecified atom stereocenters. The average Bonchev–Trinajstić information content (AvgIpc) is 2.54. The van der Waals surface area contributed by atoms with Gasteiger partial charge in [-0.25, -0.2) is 0 Å². The monoisotopic (exact) mass is 357 g/mol. The van der Waals surface area contributed by atoms with Crippen molar-refractivity contribution in [1.29, 1.82) is 0 Å². The van der Waals surface area contributed by atoms with Gasteiger partial charge in [-0.3, -0.25) is 9.59 Å². The molecule has 0 heterocycles. The van der Waals surface area contributed by atoms with E-state index in [4.69, 9.17) is 5.11 Å². The van der Waals surface area contributed by atoms with E-state index in [0.717, 1.165) is 18.6 Å². The number of allylic oxidation sites excluding steroid dienone is 2. The number of carboxylic acids is 1. The quantitative estimate of drug-likeness (QED) is 0.763. The molecule has 0 radical (unpaired) electrons. The van der Waals surface area contributed by atoms with Crippen LogP contribution in [0.1, 0.15) is 37.3 Å². The van der Waals surface area contributed by atoms with Crippen molar-refractivity contribution in [2.24, 2.45) is 5.92 Å². The third-order valence-corrected chi connectivity index (χ3v) is 3.85. The van der Waals surface area contributed by atoms with Crippen LogP contribution < -0.4 is 10.1 Å². The maximum atomic E-state index is 12.3. The molecule has 8 heteroatoms. The van der Waals surface area contributed by atoms with Crippen LogP contribution in [0, 0.1) is 5.92 Å². The smallest absolute Gasteiger partial charge is 0.481 e. The number of benzene rings is 1. The van der Waals surface area contributed by atoms with Crippen molar-refractivity contribution in [3.8, 4) is 5.75 Å². The summed E-state index contributed by atoms with van der Waals surface area (Å²) in [7, 11) is 0. The summed E-state index contributed by atoms with van der Waals surface area (Å²) in [4.78, 5) is 23.4. The number of hydrogen-bond donors (Lipinski definition) is 2. The highest BCUT2D eigenvalue weighted by molar-refractivity contribution is 5.80. The van der Waals surface area contributed by atoms with Crippen molar-refractivity contribution >= 4 is 11.9 Å². The largest absolute Gasteiger partial charge is 0.573 e. The number of carbonyl (C=O) groups is 2. The lowest BCUT2D eigenvalue weighted by Crippen LogP contribution is -2.35. The average molecular weight is 357 g/mol. The Bertz CT molecular complexity index is 640. The summed E-state index contributed by atoms with van der Waals surface area (Å²) in [6.45, 7) is 0. The van der Waals surface area contributed by atoms with Crippen molar-refractivity contribution < 1.29 is 32.6 Å². The van der Waals surface area contributed by atoms with E-state index in [0.29, 0.717) is 18.4 Å². The Morgan fingerprint density at radius 1 is 1.24 bits per heavy atom. The normalized spacial score (nSPS) is 18.4. The number of halogens is 3. The summed E-state index contributed by atoms with van der Waals surface area (Å²) < 4.78 is 40.3. The van der Waals surface area contributed by atoms with E-state index in [-0.39, 0.29) is 18.2 Å². The second-order valence-electron chi connectivity index (χ2n) is 5.76. The first kappa shape index (κ1) is 18.8. The molecule has 25 heavy (non-hydrogen) atoms.